The monoisotopic (exact) mass is 334 g/mol. The number of hydrogen-bond donors (Lipinski definition) is 0. The third kappa shape index (κ3) is 3.37. The molecule has 3 nitrogen and oxygen atoms in total. The molecule has 0 saturated heterocycles. The molecule has 0 saturated carbocycles. The van der Waals surface area contributed by atoms with Gasteiger partial charge in [0.2, 0.25) is 0 Å². The Morgan fingerprint density at radius 1 is 1.30 bits per heavy atom. The van der Waals surface area contributed by atoms with Crippen LogP contribution in [0.15, 0.2) is 34.8 Å². The Morgan fingerprint density at radius 2 is 2.00 bits per heavy atom. The molecule has 106 valence electrons. The van der Waals surface area contributed by atoms with Crippen molar-refractivity contribution in [1.82, 2.24) is 9.78 Å². The zero-order chi connectivity index (χ0) is 14.5. The van der Waals surface area contributed by atoms with Gasteiger partial charge in [0.05, 0.1) is 15.9 Å². The number of hydrogen-bond acceptors (Lipinski definition) is 2. The molecule has 0 aliphatic carbocycles. The maximum atomic E-state index is 12.0. The van der Waals surface area contributed by atoms with Crippen LogP contribution < -0.4 is 0 Å². The molecule has 1 aromatic carbocycles. The molecule has 4 heteroatoms. The Balaban J connectivity index is 1.94. The topological polar surface area (TPSA) is 34.9 Å². The number of aromatic nitrogens is 2. The van der Waals surface area contributed by atoms with Crippen molar-refractivity contribution < 1.29 is 4.79 Å². The molecule has 0 aliphatic rings. The molecular formula is C16H19BrN2O. The van der Waals surface area contributed by atoms with E-state index in [-0.39, 0.29) is 5.78 Å². The molecule has 0 radical (unpaired) electrons. The van der Waals surface area contributed by atoms with Gasteiger partial charge in [-0.05, 0) is 35.2 Å². The van der Waals surface area contributed by atoms with Crippen LogP contribution in [0.2, 0.25) is 0 Å². The van der Waals surface area contributed by atoms with E-state index < -0.39 is 0 Å². The third-order valence-electron chi connectivity index (χ3n) is 3.42. The van der Waals surface area contributed by atoms with Gasteiger partial charge in [-0.3, -0.25) is 9.48 Å². The summed E-state index contributed by atoms with van der Waals surface area (Å²) >= 11 is 3.61. The van der Waals surface area contributed by atoms with Crippen LogP contribution in [0.5, 0.6) is 0 Å². The fourth-order valence-electron chi connectivity index (χ4n) is 2.28. The minimum absolute atomic E-state index is 0.208. The van der Waals surface area contributed by atoms with E-state index in [2.05, 4.69) is 28.0 Å². The van der Waals surface area contributed by atoms with Crippen molar-refractivity contribution in [1.29, 1.82) is 0 Å². The van der Waals surface area contributed by atoms with E-state index in [0.29, 0.717) is 6.42 Å². The highest BCUT2D eigenvalue weighted by Gasteiger charge is 2.13. The van der Waals surface area contributed by atoms with Crippen molar-refractivity contribution >= 4 is 21.7 Å². The number of nitrogens with zero attached hydrogens (tertiary/aromatic N) is 2. The number of carbonyl (C=O) groups is 1. The Kier molecular flexibility index (Phi) is 5.12. The number of halogens is 1. The average Bonchev–Trinajstić information content (AvgIpc) is 2.75. The minimum atomic E-state index is 0.208. The van der Waals surface area contributed by atoms with Crippen molar-refractivity contribution in [2.45, 2.75) is 32.6 Å². The average molecular weight is 335 g/mol. The summed E-state index contributed by atoms with van der Waals surface area (Å²) in [5.74, 6) is 0.208. The Hall–Kier alpha value is -1.42. The summed E-state index contributed by atoms with van der Waals surface area (Å²) in [6, 6.07) is 9.47. The summed E-state index contributed by atoms with van der Waals surface area (Å²) in [5, 5.41) is 4.47. The van der Waals surface area contributed by atoms with Crippen LogP contribution >= 0.6 is 15.9 Å². The van der Waals surface area contributed by atoms with Gasteiger partial charge in [-0.25, -0.2) is 0 Å². The van der Waals surface area contributed by atoms with Gasteiger partial charge in [0.1, 0.15) is 0 Å². The lowest BCUT2D eigenvalue weighted by Gasteiger charge is -2.03. The number of rotatable bonds is 6. The summed E-state index contributed by atoms with van der Waals surface area (Å²) in [6.07, 6.45) is 3.19. The van der Waals surface area contributed by atoms with Crippen molar-refractivity contribution in [3.63, 3.8) is 0 Å². The van der Waals surface area contributed by atoms with E-state index >= 15 is 0 Å². The number of Topliss-reactive ketones (excluding diaryl/α,β-unsaturated/α-hetero) is 1. The Morgan fingerprint density at radius 3 is 2.60 bits per heavy atom. The van der Waals surface area contributed by atoms with E-state index in [1.54, 1.807) is 0 Å². The maximum absolute atomic E-state index is 12.0. The van der Waals surface area contributed by atoms with Crippen molar-refractivity contribution in [2.24, 2.45) is 7.05 Å². The van der Waals surface area contributed by atoms with E-state index in [0.717, 1.165) is 35.0 Å². The molecule has 1 heterocycles. The van der Waals surface area contributed by atoms with Crippen LogP contribution in [-0.4, -0.2) is 15.6 Å². The molecule has 0 amide bonds. The second-order valence-electron chi connectivity index (χ2n) is 4.83. The Labute approximate surface area is 128 Å². The van der Waals surface area contributed by atoms with Crippen LogP contribution in [0, 0.1) is 0 Å². The van der Waals surface area contributed by atoms with Gasteiger partial charge in [-0.15, -0.1) is 0 Å². The minimum Gasteiger partial charge on any atom is -0.294 e. The quantitative estimate of drug-likeness (QED) is 0.749. The van der Waals surface area contributed by atoms with Crippen molar-refractivity contribution in [3.8, 4) is 0 Å². The molecular weight excluding hydrogens is 316 g/mol. The van der Waals surface area contributed by atoms with Crippen LogP contribution in [0.3, 0.4) is 0 Å². The molecule has 0 bridgehead atoms. The lowest BCUT2D eigenvalue weighted by Crippen LogP contribution is -2.03. The summed E-state index contributed by atoms with van der Waals surface area (Å²) < 4.78 is 3.00. The lowest BCUT2D eigenvalue weighted by molar-refractivity contribution is 0.0980. The first-order valence-corrected chi connectivity index (χ1v) is 7.71. The van der Waals surface area contributed by atoms with Crippen LogP contribution in [0.1, 0.15) is 41.5 Å². The van der Waals surface area contributed by atoms with Gasteiger partial charge >= 0.3 is 0 Å². The Bertz CT molecular complexity index is 590. The van der Waals surface area contributed by atoms with Gasteiger partial charge in [-0.2, -0.15) is 5.10 Å². The van der Waals surface area contributed by atoms with E-state index in [4.69, 9.17) is 0 Å². The highest BCUT2D eigenvalue weighted by molar-refractivity contribution is 9.10. The summed E-state index contributed by atoms with van der Waals surface area (Å²) in [5.41, 5.74) is 3.05. The highest BCUT2D eigenvalue weighted by atomic mass is 79.9. The smallest absolute Gasteiger partial charge is 0.162 e. The van der Waals surface area contributed by atoms with Gasteiger partial charge in [0.15, 0.2) is 5.78 Å². The SMILES string of the molecule is CCc1nn(C)c(CCCC(=O)c2ccccc2)c1Br. The zero-order valence-corrected chi connectivity index (χ0v) is 13.5. The van der Waals surface area contributed by atoms with E-state index in [1.807, 2.05) is 42.1 Å². The van der Waals surface area contributed by atoms with Crippen LogP contribution in [0.25, 0.3) is 0 Å². The van der Waals surface area contributed by atoms with E-state index in [9.17, 15) is 4.79 Å². The molecule has 1 aromatic heterocycles. The summed E-state index contributed by atoms with van der Waals surface area (Å²) in [4.78, 5) is 12.0. The van der Waals surface area contributed by atoms with Gasteiger partial charge < -0.3 is 0 Å². The highest BCUT2D eigenvalue weighted by Crippen LogP contribution is 2.23. The first-order valence-electron chi connectivity index (χ1n) is 6.92. The van der Waals surface area contributed by atoms with Crippen LogP contribution in [-0.2, 0) is 19.9 Å². The normalized spacial score (nSPS) is 10.8. The van der Waals surface area contributed by atoms with Gasteiger partial charge in [-0.1, -0.05) is 37.3 Å². The largest absolute Gasteiger partial charge is 0.294 e. The van der Waals surface area contributed by atoms with Gasteiger partial charge in [0.25, 0.3) is 0 Å². The van der Waals surface area contributed by atoms with Crippen LogP contribution in [0.4, 0.5) is 0 Å². The molecule has 0 fully saturated rings. The summed E-state index contributed by atoms with van der Waals surface area (Å²) in [7, 11) is 1.96. The molecule has 2 aromatic rings. The second-order valence-corrected chi connectivity index (χ2v) is 5.62. The van der Waals surface area contributed by atoms with E-state index in [1.165, 1.54) is 5.69 Å². The maximum Gasteiger partial charge on any atom is 0.162 e. The third-order valence-corrected chi connectivity index (χ3v) is 4.33. The predicted octanol–water partition coefficient (Wildman–Crippen LogP) is 3.95. The predicted molar refractivity (Wildman–Crippen MR) is 84.0 cm³/mol. The molecule has 0 spiro atoms. The van der Waals surface area contributed by atoms with Crippen molar-refractivity contribution in [2.75, 3.05) is 0 Å². The van der Waals surface area contributed by atoms with Gasteiger partial charge in [0, 0.05) is 19.0 Å². The first-order chi connectivity index (χ1) is 9.63. The fourth-order valence-corrected chi connectivity index (χ4v) is 3.09. The number of ketones is 1. The standard InChI is InChI=1S/C16H19BrN2O/c1-3-13-16(17)14(19(2)18-13)10-7-11-15(20)12-8-5-4-6-9-12/h4-6,8-9H,3,7,10-11H2,1-2H3. The molecule has 0 unspecified atom stereocenters. The zero-order valence-electron chi connectivity index (χ0n) is 11.9. The summed E-state index contributed by atoms with van der Waals surface area (Å²) in [6.45, 7) is 2.09. The number of carbonyl (C=O) groups excluding carboxylic acids is 1. The lowest BCUT2D eigenvalue weighted by atomic mass is 10.0. The first kappa shape index (κ1) is 15.0. The molecule has 20 heavy (non-hydrogen) atoms. The molecule has 2 rings (SSSR count). The molecule has 0 atom stereocenters. The number of benzene rings is 1. The molecule has 0 aliphatic heterocycles. The second kappa shape index (κ2) is 6.84. The molecule has 0 N–H and O–H groups in total. The van der Waals surface area contributed by atoms with Crippen molar-refractivity contribution in [3.05, 3.63) is 51.8 Å². The fraction of sp³-hybridized carbons (Fsp3) is 0.375. The number of aryl methyl sites for hydroxylation is 2.